The number of hydrogen-bond acceptors (Lipinski definition) is 1. The van der Waals surface area contributed by atoms with Gasteiger partial charge in [-0.05, 0) is 36.0 Å². The van der Waals surface area contributed by atoms with Crippen LogP contribution in [0, 0.1) is 16.7 Å². The predicted molar refractivity (Wildman–Crippen MR) is 67.9 cm³/mol. The molecule has 1 atom stereocenters. The molecule has 0 amide bonds. The lowest BCUT2D eigenvalue weighted by Gasteiger charge is -2.39. The van der Waals surface area contributed by atoms with Crippen molar-refractivity contribution in [3.05, 3.63) is 0 Å². The highest BCUT2D eigenvalue weighted by atomic mass is 16.3. The SMILES string of the molecule is CCC(C)(CC)C(O)CC(C)(C)C(C)C. The maximum absolute atomic E-state index is 10.4. The summed E-state index contributed by atoms with van der Waals surface area (Å²) < 4.78 is 0. The van der Waals surface area contributed by atoms with Crippen molar-refractivity contribution >= 4 is 0 Å². The van der Waals surface area contributed by atoms with Gasteiger partial charge in [-0.25, -0.2) is 0 Å². The van der Waals surface area contributed by atoms with Gasteiger partial charge in [-0.15, -0.1) is 0 Å². The fourth-order valence-electron chi connectivity index (χ4n) is 1.70. The molecule has 0 saturated carbocycles. The molecule has 1 unspecified atom stereocenters. The minimum absolute atomic E-state index is 0.0894. The molecule has 0 fully saturated rings. The van der Waals surface area contributed by atoms with Crippen LogP contribution in [0.5, 0.6) is 0 Å². The molecule has 1 N–H and O–H groups in total. The highest BCUT2D eigenvalue weighted by molar-refractivity contribution is 4.85. The molecule has 0 aromatic heterocycles. The van der Waals surface area contributed by atoms with Gasteiger partial charge in [0.15, 0.2) is 0 Å². The van der Waals surface area contributed by atoms with Gasteiger partial charge in [0.2, 0.25) is 0 Å². The van der Waals surface area contributed by atoms with Crippen LogP contribution in [-0.4, -0.2) is 11.2 Å². The summed E-state index contributed by atoms with van der Waals surface area (Å²) in [5.41, 5.74) is 0.317. The fourth-order valence-corrected chi connectivity index (χ4v) is 1.70. The van der Waals surface area contributed by atoms with Gasteiger partial charge < -0.3 is 5.11 Å². The number of aliphatic hydroxyl groups excluding tert-OH is 1. The van der Waals surface area contributed by atoms with Crippen molar-refractivity contribution in [1.29, 1.82) is 0 Å². The summed E-state index contributed by atoms with van der Waals surface area (Å²) in [6.07, 6.45) is 2.84. The number of hydrogen-bond donors (Lipinski definition) is 1. The Labute approximate surface area is 96.3 Å². The first-order valence-corrected chi connectivity index (χ1v) is 6.37. The summed E-state index contributed by atoms with van der Waals surface area (Å²) >= 11 is 0. The van der Waals surface area contributed by atoms with Gasteiger partial charge in [0.25, 0.3) is 0 Å². The zero-order valence-electron chi connectivity index (χ0n) is 11.7. The Hall–Kier alpha value is -0.0400. The molecule has 1 nitrogen and oxygen atoms in total. The maximum atomic E-state index is 10.4. The Balaban J connectivity index is 4.54. The number of aliphatic hydroxyl groups is 1. The van der Waals surface area contributed by atoms with Crippen molar-refractivity contribution in [2.45, 2.75) is 73.8 Å². The van der Waals surface area contributed by atoms with Gasteiger partial charge in [-0.3, -0.25) is 0 Å². The van der Waals surface area contributed by atoms with Crippen LogP contribution in [0.3, 0.4) is 0 Å². The molecule has 0 aromatic rings. The van der Waals surface area contributed by atoms with Gasteiger partial charge in [0.1, 0.15) is 0 Å². The second-order valence-corrected chi connectivity index (χ2v) is 6.22. The third-order valence-electron chi connectivity index (χ3n) is 4.70. The average Bonchev–Trinajstić information content (AvgIpc) is 2.15. The molecular weight excluding hydrogens is 184 g/mol. The van der Waals surface area contributed by atoms with Crippen LogP contribution in [-0.2, 0) is 0 Å². The maximum Gasteiger partial charge on any atom is 0.0598 e. The van der Waals surface area contributed by atoms with Gasteiger partial charge in [0.05, 0.1) is 6.10 Å². The van der Waals surface area contributed by atoms with Crippen LogP contribution in [0.2, 0.25) is 0 Å². The molecule has 92 valence electrons. The van der Waals surface area contributed by atoms with E-state index in [1.807, 2.05) is 0 Å². The summed E-state index contributed by atoms with van der Waals surface area (Å²) in [7, 11) is 0. The van der Waals surface area contributed by atoms with Crippen molar-refractivity contribution < 1.29 is 5.11 Å². The lowest BCUT2D eigenvalue weighted by atomic mass is 9.69. The first kappa shape index (κ1) is 15.0. The van der Waals surface area contributed by atoms with E-state index in [1.165, 1.54) is 0 Å². The van der Waals surface area contributed by atoms with E-state index in [0.29, 0.717) is 5.92 Å². The van der Waals surface area contributed by atoms with Gasteiger partial charge in [-0.1, -0.05) is 48.5 Å². The van der Waals surface area contributed by atoms with Crippen LogP contribution in [0.25, 0.3) is 0 Å². The molecule has 1 heteroatoms. The van der Waals surface area contributed by atoms with E-state index in [2.05, 4.69) is 48.5 Å². The highest BCUT2D eigenvalue weighted by Gasteiger charge is 2.35. The standard InChI is InChI=1S/C14H30O/c1-8-14(7,9-2)12(15)10-13(5,6)11(3)4/h11-12,15H,8-10H2,1-7H3. The van der Waals surface area contributed by atoms with Crippen molar-refractivity contribution in [2.24, 2.45) is 16.7 Å². The first-order valence-electron chi connectivity index (χ1n) is 6.37. The largest absolute Gasteiger partial charge is 0.393 e. The monoisotopic (exact) mass is 214 g/mol. The van der Waals surface area contributed by atoms with Crippen LogP contribution in [0.15, 0.2) is 0 Å². The molecule has 15 heavy (non-hydrogen) atoms. The summed E-state index contributed by atoms with van der Waals surface area (Å²) in [5, 5.41) is 10.4. The second kappa shape index (κ2) is 5.34. The number of rotatable bonds is 6. The smallest absolute Gasteiger partial charge is 0.0598 e. The Morgan fingerprint density at radius 3 is 1.67 bits per heavy atom. The van der Waals surface area contributed by atoms with Crippen molar-refractivity contribution in [3.63, 3.8) is 0 Å². The zero-order chi connectivity index (χ0) is 12.3. The Morgan fingerprint density at radius 2 is 1.40 bits per heavy atom. The topological polar surface area (TPSA) is 20.2 Å². The minimum Gasteiger partial charge on any atom is -0.393 e. The molecule has 0 aromatic carbocycles. The Morgan fingerprint density at radius 1 is 1.00 bits per heavy atom. The van der Waals surface area contributed by atoms with Crippen LogP contribution in [0.1, 0.15) is 67.7 Å². The molecule has 0 radical (unpaired) electrons. The normalized spacial score (nSPS) is 15.8. The third kappa shape index (κ3) is 3.79. The lowest BCUT2D eigenvalue weighted by Crippen LogP contribution is -2.36. The van der Waals surface area contributed by atoms with Crippen molar-refractivity contribution in [1.82, 2.24) is 0 Å². The van der Waals surface area contributed by atoms with Crippen LogP contribution in [0.4, 0.5) is 0 Å². The Bertz CT molecular complexity index is 178. The molecule has 0 saturated heterocycles. The van der Waals surface area contributed by atoms with E-state index < -0.39 is 0 Å². The average molecular weight is 214 g/mol. The molecule has 0 bridgehead atoms. The third-order valence-corrected chi connectivity index (χ3v) is 4.70. The minimum atomic E-state index is -0.176. The predicted octanol–water partition coefficient (Wildman–Crippen LogP) is 4.25. The zero-order valence-corrected chi connectivity index (χ0v) is 11.7. The van der Waals surface area contributed by atoms with E-state index in [4.69, 9.17) is 0 Å². The molecule has 0 spiro atoms. The molecule has 0 aliphatic rings. The Kier molecular flexibility index (Phi) is 5.32. The summed E-state index contributed by atoms with van der Waals surface area (Å²) in [6.45, 7) is 15.5. The summed E-state index contributed by atoms with van der Waals surface area (Å²) in [6, 6.07) is 0. The van der Waals surface area contributed by atoms with Crippen LogP contribution < -0.4 is 0 Å². The molecular formula is C14H30O. The highest BCUT2D eigenvalue weighted by Crippen LogP contribution is 2.39. The summed E-state index contributed by atoms with van der Waals surface area (Å²) in [4.78, 5) is 0. The van der Waals surface area contributed by atoms with E-state index in [0.717, 1.165) is 19.3 Å². The quantitative estimate of drug-likeness (QED) is 0.701. The van der Waals surface area contributed by atoms with Gasteiger partial charge in [0, 0.05) is 0 Å². The molecule has 0 heterocycles. The van der Waals surface area contributed by atoms with E-state index in [1.54, 1.807) is 0 Å². The lowest BCUT2D eigenvalue weighted by molar-refractivity contribution is -0.0113. The van der Waals surface area contributed by atoms with Gasteiger partial charge in [-0.2, -0.15) is 0 Å². The summed E-state index contributed by atoms with van der Waals surface area (Å²) in [5.74, 6) is 0.616. The fraction of sp³-hybridized carbons (Fsp3) is 1.00. The van der Waals surface area contributed by atoms with E-state index in [-0.39, 0.29) is 16.9 Å². The van der Waals surface area contributed by atoms with E-state index >= 15 is 0 Å². The first-order chi connectivity index (χ1) is 6.69. The molecule has 0 aliphatic heterocycles. The van der Waals surface area contributed by atoms with Crippen LogP contribution >= 0.6 is 0 Å². The van der Waals surface area contributed by atoms with Crippen molar-refractivity contribution in [3.8, 4) is 0 Å². The second-order valence-electron chi connectivity index (χ2n) is 6.22. The van der Waals surface area contributed by atoms with Crippen molar-refractivity contribution in [2.75, 3.05) is 0 Å². The molecule has 0 rings (SSSR count). The van der Waals surface area contributed by atoms with E-state index in [9.17, 15) is 5.11 Å². The molecule has 0 aliphatic carbocycles. The van der Waals surface area contributed by atoms with Gasteiger partial charge >= 0.3 is 0 Å².